The third kappa shape index (κ3) is 7.05. The normalized spacial score (nSPS) is 14.4. The van der Waals surface area contributed by atoms with Crippen molar-refractivity contribution in [3.05, 3.63) is 0 Å². The quantitative estimate of drug-likeness (QED) is 0.657. The monoisotopic (exact) mass is 290 g/mol. The second kappa shape index (κ2) is 7.99. The molecule has 0 aromatic rings. The summed E-state index contributed by atoms with van der Waals surface area (Å²) in [6, 6.07) is 0.863. The van der Waals surface area contributed by atoms with Crippen molar-refractivity contribution in [2.24, 2.45) is 5.73 Å². The number of rotatable bonds is 9. The third-order valence-electron chi connectivity index (χ3n) is 3.21. The number of carbonyl (C=O) groups is 1. The Morgan fingerprint density at radius 1 is 1.21 bits per heavy atom. The molecule has 0 saturated heterocycles. The number of hydrogen-bond acceptors (Lipinski definition) is 4. The van der Waals surface area contributed by atoms with Crippen LogP contribution in [0.2, 0.25) is 13.1 Å². The Morgan fingerprint density at radius 2 is 1.68 bits per heavy atom. The van der Waals surface area contributed by atoms with Gasteiger partial charge in [0.2, 0.25) is 5.91 Å². The lowest BCUT2D eigenvalue weighted by Gasteiger charge is -2.32. The van der Waals surface area contributed by atoms with E-state index in [0.717, 1.165) is 6.54 Å². The highest BCUT2D eigenvalue weighted by atomic mass is 28.4. The Hall–Kier alpha value is -0.433. The van der Waals surface area contributed by atoms with Crippen LogP contribution in [0, 0.1) is 0 Å². The topological polar surface area (TPSA) is 64.8 Å². The van der Waals surface area contributed by atoms with Gasteiger partial charge in [0, 0.05) is 25.7 Å². The van der Waals surface area contributed by atoms with E-state index in [0.29, 0.717) is 18.5 Å². The zero-order chi connectivity index (χ0) is 15.2. The first-order valence-corrected chi connectivity index (χ1v) is 9.70. The van der Waals surface area contributed by atoms with Crippen molar-refractivity contribution in [1.29, 1.82) is 0 Å². The van der Waals surface area contributed by atoms with Gasteiger partial charge in [-0.3, -0.25) is 9.69 Å². The fraction of sp³-hybridized carbons (Fsp3) is 0.923. The Labute approximate surface area is 118 Å². The molecule has 0 saturated carbocycles. The summed E-state index contributed by atoms with van der Waals surface area (Å²) in [5.74, 6) is -0.412. The summed E-state index contributed by atoms with van der Waals surface area (Å²) in [5, 5.41) is 0. The molecule has 19 heavy (non-hydrogen) atoms. The molecule has 0 radical (unpaired) electrons. The summed E-state index contributed by atoms with van der Waals surface area (Å²) in [6.07, 6.45) is 0.0347. The lowest BCUT2D eigenvalue weighted by Crippen LogP contribution is -2.46. The second-order valence-corrected chi connectivity index (χ2v) is 9.27. The van der Waals surface area contributed by atoms with Gasteiger partial charge in [-0.1, -0.05) is 0 Å². The van der Waals surface area contributed by atoms with E-state index in [1.807, 2.05) is 13.1 Å². The molecule has 0 aliphatic carbocycles. The second-order valence-electron chi connectivity index (χ2n) is 5.83. The predicted molar refractivity (Wildman–Crippen MR) is 80.2 cm³/mol. The van der Waals surface area contributed by atoms with Crippen molar-refractivity contribution in [1.82, 2.24) is 4.90 Å². The Balaban J connectivity index is 4.56. The molecular formula is C13H30N2O3Si. The average molecular weight is 290 g/mol. The molecule has 1 amide bonds. The van der Waals surface area contributed by atoms with Crippen LogP contribution in [0.5, 0.6) is 0 Å². The van der Waals surface area contributed by atoms with Crippen molar-refractivity contribution in [2.45, 2.75) is 65.4 Å². The first kappa shape index (κ1) is 18.6. The van der Waals surface area contributed by atoms with E-state index in [1.165, 1.54) is 0 Å². The van der Waals surface area contributed by atoms with E-state index in [4.69, 9.17) is 14.6 Å². The largest absolute Gasteiger partial charge is 0.398 e. The van der Waals surface area contributed by atoms with Gasteiger partial charge in [-0.25, -0.2) is 0 Å². The van der Waals surface area contributed by atoms with Crippen LogP contribution in [0.4, 0.5) is 0 Å². The van der Waals surface area contributed by atoms with Crippen molar-refractivity contribution in [3.63, 3.8) is 0 Å². The molecular weight excluding hydrogens is 260 g/mol. The SMILES string of the molecule is CO[Si](C)(C)OC(CCN(C(C)C)C(C)C)C(N)=O. The summed E-state index contributed by atoms with van der Waals surface area (Å²) >= 11 is 0. The molecule has 1 unspecified atom stereocenters. The first-order chi connectivity index (χ1) is 8.60. The van der Waals surface area contributed by atoms with Crippen molar-refractivity contribution in [2.75, 3.05) is 13.7 Å². The molecule has 2 N–H and O–H groups in total. The van der Waals surface area contributed by atoms with E-state index < -0.39 is 20.6 Å². The van der Waals surface area contributed by atoms with E-state index >= 15 is 0 Å². The minimum absolute atomic E-state index is 0.412. The van der Waals surface area contributed by atoms with Gasteiger partial charge >= 0.3 is 8.56 Å². The third-order valence-corrected chi connectivity index (χ3v) is 5.05. The van der Waals surface area contributed by atoms with Gasteiger partial charge in [0.05, 0.1) is 0 Å². The highest BCUT2D eigenvalue weighted by molar-refractivity contribution is 6.64. The molecule has 0 aliphatic heterocycles. The predicted octanol–water partition coefficient (Wildman–Crippen LogP) is 1.71. The fourth-order valence-corrected chi connectivity index (χ4v) is 3.04. The first-order valence-electron chi connectivity index (χ1n) is 6.88. The van der Waals surface area contributed by atoms with Crippen LogP contribution in [0.1, 0.15) is 34.1 Å². The molecule has 0 spiro atoms. The number of nitrogens with zero attached hydrogens (tertiary/aromatic N) is 1. The van der Waals surface area contributed by atoms with Crippen LogP contribution in [0.25, 0.3) is 0 Å². The highest BCUT2D eigenvalue weighted by Gasteiger charge is 2.30. The van der Waals surface area contributed by atoms with Crippen molar-refractivity contribution in [3.8, 4) is 0 Å². The number of hydrogen-bond donors (Lipinski definition) is 1. The van der Waals surface area contributed by atoms with E-state index in [9.17, 15) is 4.79 Å². The molecule has 0 bridgehead atoms. The fourth-order valence-electron chi connectivity index (χ4n) is 2.03. The number of nitrogens with two attached hydrogens (primary N) is 1. The maximum Gasteiger partial charge on any atom is 0.332 e. The maximum atomic E-state index is 11.5. The maximum absolute atomic E-state index is 11.5. The van der Waals surface area contributed by atoms with E-state index in [-0.39, 0.29) is 0 Å². The molecule has 5 nitrogen and oxygen atoms in total. The minimum Gasteiger partial charge on any atom is -0.398 e. The Bertz CT molecular complexity index is 275. The Kier molecular flexibility index (Phi) is 7.81. The molecule has 0 aromatic carbocycles. The van der Waals surface area contributed by atoms with Gasteiger partial charge in [-0.05, 0) is 47.2 Å². The Morgan fingerprint density at radius 3 is 2.00 bits per heavy atom. The van der Waals surface area contributed by atoms with Gasteiger partial charge in [0.15, 0.2) is 0 Å². The smallest absolute Gasteiger partial charge is 0.332 e. The van der Waals surface area contributed by atoms with Crippen molar-refractivity contribution < 1.29 is 13.6 Å². The molecule has 0 fully saturated rings. The standard InChI is InChI=1S/C13H30N2O3Si/c1-10(2)15(11(3)4)9-8-12(13(14)16)18-19(6,7)17-5/h10-12H,8-9H2,1-7H3,(H2,14,16). The minimum atomic E-state index is -2.25. The molecule has 0 heterocycles. The van der Waals surface area contributed by atoms with Crippen LogP contribution in [0.3, 0.4) is 0 Å². The number of amides is 1. The van der Waals surface area contributed by atoms with Crippen LogP contribution in [0.15, 0.2) is 0 Å². The van der Waals surface area contributed by atoms with Gasteiger partial charge in [0.25, 0.3) is 0 Å². The molecule has 1 atom stereocenters. The molecule has 0 aromatic heterocycles. The van der Waals surface area contributed by atoms with Crippen LogP contribution >= 0.6 is 0 Å². The van der Waals surface area contributed by atoms with Gasteiger partial charge in [-0.15, -0.1) is 0 Å². The van der Waals surface area contributed by atoms with Crippen molar-refractivity contribution >= 4 is 14.5 Å². The molecule has 114 valence electrons. The zero-order valence-electron chi connectivity index (χ0n) is 13.4. The van der Waals surface area contributed by atoms with Gasteiger partial charge < -0.3 is 14.6 Å². The summed E-state index contributed by atoms with van der Waals surface area (Å²) in [4.78, 5) is 13.8. The zero-order valence-corrected chi connectivity index (χ0v) is 14.4. The summed E-state index contributed by atoms with van der Waals surface area (Å²) in [7, 11) is -0.639. The number of carbonyl (C=O) groups excluding carboxylic acids is 1. The van der Waals surface area contributed by atoms with E-state index in [2.05, 4.69) is 32.6 Å². The highest BCUT2D eigenvalue weighted by Crippen LogP contribution is 2.13. The van der Waals surface area contributed by atoms with Crippen LogP contribution in [-0.4, -0.2) is 51.2 Å². The summed E-state index contributed by atoms with van der Waals surface area (Å²) in [5.41, 5.74) is 5.42. The molecule has 0 rings (SSSR count). The number of primary amides is 1. The summed E-state index contributed by atoms with van der Waals surface area (Å²) in [6.45, 7) is 13.2. The average Bonchev–Trinajstić information content (AvgIpc) is 2.26. The lowest BCUT2D eigenvalue weighted by molar-refractivity contribution is -0.126. The molecule has 6 heteroatoms. The van der Waals surface area contributed by atoms with E-state index in [1.54, 1.807) is 7.11 Å². The lowest BCUT2D eigenvalue weighted by atomic mass is 10.1. The molecule has 0 aliphatic rings. The van der Waals surface area contributed by atoms with Crippen LogP contribution < -0.4 is 5.73 Å². The van der Waals surface area contributed by atoms with Gasteiger partial charge in [-0.2, -0.15) is 0 Å². The summed E-state index contributed by atoms with van der Waals surface area (Å²) < 4.78 is 11.1. The van der Waals surface area contributed by atoms with Crippen LogP contribution in [-0.2, 0) is 13.6 Å². The van der Waals surface area contributed by atoms with Gasteiger partial charge in [0.1, 0.15) is 6.10 Å².